The Morgan fingerprint density at radius 3 is 2.25 bits per heavy atom. The monoisotopic (exact) mass is 268 g/mol. The molecule has 0 aliphatic rings. The van der Waals surface area contributed by atoms with E-state index in [-0.39, 0.29) is 33.6 Å². The fraction of sp³-hybridized carbons (Fsp3) is 0.300. The fourth-order valence-corrected chi connectivity index (χ4v) is 1.84. The molecule has 1 aromatic rings. The van der Waals surface area contributed by atoms with Gasteiger partial charge in [-0.05, 0) is 12.1 Å². The van der Waals surface area contributed by atoms with Crippen molar-refractivity contribution < 1.29 is 18.3 Å². The van der Waals surface area contributed by atoms with Gasteiger partial charge in [0.25, 0.3) is 0 Å². The van der Waals surface area contributed by atoms with Crippen molar-refractivity contribution in [2.24, 2.45) is 0 Å². The summed E-state index contributed by atoms with van der Waals surface area (Å²) in [6.45, 7) is -1.31. The van der Waals surface area contributed by atoms with E-state index in [1.54, 1.807) is 6.92 Å². The molecule has 0 saturated heterocycles. The maximum absolute atomic E-state index is 11.9. The van der Waals surface area contributed by atoms with Crippen LogP contribution in [0.15, 0.2) is 12.1 Å². The predicted octanol–water partition coefficient (Wildman–Crippen LogP) is 4.19. The zero-order valence-corrected chi connectivity index (χ0v) is 9.78. The Hall–Kier alpha value is -0.870. The average molecular weight is 269 g/mol. The molecular formula is C10H8Cl2F2O2. The Balaban J connectivity index is 3.12. The zero-order chi connectivity index (χ0) is 12.3. The number of ether oxygens (including phenoxy) is 1. The number of benzene rings is 1. The smallest absolute Gasteiger partial charge is 0.387 e. The lowest BCUT2D eigenvalue weighted by molar-refractivity contribution is -0.0498. The topological polar surface area (TPSA) is 26.3 Å². The highest BCUT2D eigenvalue weighted by Crippen LogP contribution is 2.31. The van der Waals surface area contributed by atoms with Gasteiger partial charge in [-0.25, -0.2) is 0 Å². The number of Topliss-reactive ketones (excluding diaryl/α,β-unsaturated/α-hetero) is 1. The molecule has 0 aliphatic carbocycles. The van der Waals surface area contributed by atoms with Crippen molar-refractivity contribution >= 4 is 29.0 Å². The molecule has 0 amide bonds. The third kappa shape index (κ3) is 3.06. The van der Waals surface area contributed by atoms with Crippen LogP contribution in [0.4, 0.5) is 8.78 Å². The number of rotatable bonds is 4. The van der Waals surface area contributed by atoms with Gasteiger partial charge in [-0.3, -0.25) is 4.79 Å². The number of carbonyl (C=O) groups excluding carboxylic acids is 1. The van der Waals surface area contributed by atoms with E-state index in [1.165, 1.54) is 0 Å². The first-order valence-electron chi connectivity index (χ1n) is 4.42. The van der Waals surface area contributed by atoms with Gasteiger partial charge in [0.15, 0.2) is 5.78 Å². The molecule has 0 aromatic heterocycles. The number of carbonyl (C=O) groups is 1. The number of alkyl halides is 2. The van der Waals surface area contributed by atoms with Gasteiger partial charge in [0, 0.05) is 6.42 Å². The van der Waals surface area contributed by atoms with Crippen molar-refractivity contribution in [3.63, 3.8) is 0 Å². The Bertz CT molecular complexity index is 385. The lowest BCUT2D eigenvalue weighted by Crippen LogP contribution is -2.04. The van der Waals surface area contributed by atoms with Crippen molar-refractivity contribution in [3.8, 4) is 5.75 Å². The van der Waals surface area contributed by atoms with E-state index in [0.717, 1.165) is 12.1 Å². The number of ketones is 1. The SMILES string of the molecule is CCC(=O)c1c(Cl)cc(OC(F)F)cc1Cl. The van der Waals surface area contributed by atoms with Crippen LogP contribution in [0, 0.1) is 0 Å². The van der Waals surface area contributed by atoms with Crippen LogP contribution in [-0.2, 0) is 0 Å². The molecule has 0 spiro atoms. The van der Waals surface area contributed by atoms with E-state index in [9.17, 15) is 13.6 Å². The lowest BCUT2D eigenvalue weighted by atomic mass is 10.1. The fourth-order valence-electron chi connectivity index (χ4n) is 1.16. The van der Waals surface area contributed by atoms with Crippen molar-refractivity contribution in [3.05, 3.63) is 27.7 Å². The summed E-state index contributed by atoms with van der Waals surface area (Å²) >= 11 is 11.5. The summed E-state index contributed by atoms with van der Waals surface area (Å²) in [5.41, 5.74) is 0.132. The highest BCUT2D eigenvalue weighted by molar-refractivity contribution is 6.40. The molecule has 0 heterocycles. The van der Waals surface area contributed by atoms with Crippen LogP contribution in [0.5, 0.6) is 5.75 Å². The van der Waals surface area contributed by atoms with Gasteiger partial charge < -0.3 is 4.74 Å². The molecule has 2 nitrogen and oxygen atoms in total. The standard InChI is InChI=1S/C10H8Cl2F2O2/c1-2-8(15)9-6(11)3-5(4-7(9)12)16-10(13)14/h3-4,10H,2H2,1H3. The van der Waals surface area contributed by atoms with Crippen molar-refractivity contribution in [1.82, 2.24) is 0 Å². The molecule has 6 heteroatoms. The molecule has 1 aromatic carbocycles. The van der Waals surface area contributed by atoms with E-state index < -0.39 is 6.61 Å². The second-order valence-electron chi connectivity index (χ2n) is 2.92. The lowest BCUT2D eigenvalue weighted by Gasteiger charge is -2.09. The van der Waals surface area contributed by atoms with Crippen LogP contribution >= 0.6 is 23.2 Å². The number of hydrogen-bond donors (Lipinski definition) is 0. The molecule has 0 saturated carbocycles. The zero-order valence-electron chi connectivity index (χ0n) is 8.27. The van der Waals surface area contributed by atoms with Gasteiger partial charge in [-0.1, -0.05) is 30.1 Å². The van der Waals surface area contributed by atoms with Crippen LogP contribution in [0.25, 0.3) is 0 Å². The second-order valence-corrected chi connectivity index (χ2v) is 3.73. The molecule has 16 heavy (non-hydrogen) atoms. The molecular weight excluding hydrogens is 261 g/mol. The third-order valence-corrected chi connectivity index (χ3v) is 2.44. The normalized spacial score (nSPS) is 10.6. The van der Waals surface area contributed by atoms with Gasteiger partial charge in [0.2, 0.25) is 0 Å². The highest BCUT2D eigenvalue weighted by Gasteiger charge is 2.16. The van der Waals surface area contributed by atoms with Crippen LogP contribution in [-0.4, -0.2) is 12.4 Å². The number of hydrogen-bond acceptors (Lipinski definition) is 2. The van der Waals surface area contributed by atoms with Crippen LogP contribution in [0.1, 0.15) is 23.7 Å². The summed E-state index contributed by atoms with van der Waals surface area (Å²) in [5, 5.41) is 0.0185. The molecule has 1 rings (SSSR count). The maximum Gasteiger partial charge on any atom is 0.387 e. The van der Waals surface area contributed by atoms with Crippen LogP contribution in [0.2, 0.25) is 10.0 Å². The summed E-state index contributed by atoms with van der Waals surface area (Å²) in [6.07, 6.45) is 0.231. The van der Waals surface area contributed by atoms with Gasteiger partial charge in [0.05, 0.1) is 15.6 Å². The Morgan fingerprint density at radius 1 is 1.38 bits per heavy atom. The molecule has 0 atom stereocenters. The minimum atomic E-state index is -2.96. The quantitative estimate of drug-likeness (QED) is 0.766. The van der Waals surface area contributed by atoms with Gasteiger partial charge in [-0.2, -0.15) is 8.78 Å². The minimum Gasteiger partial charge on any atom is -0.435 e. The Labute approximate surface area is 101 Å². The van der Waals surface area contributed by atoms with Crippen LogP contribution in [0.3, 0.4) is 0 Å². The highest BCUT2D eigenvalue weighted by atomic mass is 35.5. The molecule has 0 unspecified atom stereocenters. The summed E-state index contributed by atoms with van der Waals surface area (Å²) < 4.78 is 28.0. The minimum absolute atomic E-state index is 0.00926. The van der Waals surface area contributed by atoms with Crippen LogP contribution < -0.4 is 4.74 Å². The molecule has 88 valence electrons. The molecule has 0 bridgehead atoms. The van der Waals surface area contributed by atoms with Gasteiger partial charge in [-0.15, -0.1) is 0 Å². The molecule has 0 aliphatic heterocycles. The van der Waals surface area contributed by atoms with Crippen molar-refractivity contribution in [2.45, 2.75) is 20.0 Å². The number of halogens is 4. The first kappa shape index (κ1) is 13.2. The van der Waals surface area contributed by atoms with E-state index in [1.807, 2.05) is 0 Å². The average Bonchev–Trinajstić information content (AvgIpc) is 2.15. The molecule has 0 N–H and O–H groups in total. The third-order valence-electron chi connectivity index (χ3n) is 1.84. The summed E-state index contributed by atoms with van der Waals surface area (Å²) in [5.74, 6) is -0.420. The van der Waals surface area contributed by atoms with Gasteiger partial charge >= 0.3 is 6.61 Å². The Morgan fingerprint density at radius 2 is 1.88 bits per heavy atom. The van der Waals surface area contributed by atoms with E-state index in [4.69, 9.17) is 23.2 Å². The predicted molar refractivity (Wildman–Crippen MR) is 57.7 cm³/mol. The first-order valence-corrected chi connectivity index (χ1v) is 5.18. The summed E-state index contributed by atoms with van der Waals surface area (Å²) in [6, 6.07) is 2.28. The molecule has 0 radical (unpaired) electrons. The molecule has 0 fully saturated rings. The van der Waals surface area contributed by atoms with Crippen molar-refractivity contribution in [1.29, 1.82) is 0 Å². The summed E-state index contributed by atoms with van der Waals surface area (Å²) in [4.78, 5) is 11.4. The Kier molecular flexibility index (Phi) is 4.50. The second kappa shape index (κ2) is 5.46. The first-order chi connectivity index (χ1) is 7.45. The maximum atomic E-state index is 11.9. The van der Waals surface area contributed by atoms with E-state index in [2.05, 4.69) is 4.74 Å². The van der Waals surface area contributed by atoms with Crippen molar-refractivity contribution in [2.75, 3.05) is 0 Å². The summed E-state index contributed by atoms with van der Waals surface area (Å²) in [7, 11) is 0. The van der Waals surface area contributed by atoms with Gasteiger partial charge in [0.1, 0.15) is 5.75 Å². The van der Waals surface area contributed by atoms with E-state index >= 15 is 0 Å². The van der Waals surface area contributed by atoms with E-state index in [0.29, 0.717) is 0 Å². The largest absolute Gasteiger partial charge is 0.435 e.